The molecule has 0 radical (unpaired) electrons. The molecule has 168 valence electrons. The molecule has 1 atom stereocenters. The number of pyridine rings is 1. The van der Waals surface area contributed by atoms with Crippen LogP contribution in [0.15, 0.2) is 90.0 Å². The minimum Gasteiger partial charge on any atom is -0.347 e. The lowest BCUT2D eigenvalue weighted by Crippen LogP contribution is -2.18. The topological polar surface area (TPSA) is 22.0 Å². The Morgan fingerprint density at radius 2 is 1.44 bits per heavy atom. The van der Waals surface area contributed by atoms with Crippen molar-refractivity contribution in [1.29, 1.82) is 0 Å². The van der Waals surface area contributed by atoms with Crippen LogP contribution in [0.3, 0.4) is 0 Å². The highest BCUT2D eigenvalue weighted by Crippen LogP contribution is 2.39. The molecule has 0 amide bonds. The van der Waals surface area contributed by atoms with E-state index in [0.29, 0.717) is 16.5 Å². The monoisotopic (exact) mass is 483 g/mol. The zero-order valence-corrected chi connectivity index (χ0v) is 20.1. The Morgan fingerprint density at radius 1 is 0.765 bits per heavy atom. The zero-order chi connectivity index (χ0) is 23.2. The van der Waals surface area contributed by atoms with Gasteiger partial charge >= 0.3 is 0 Å². The van der Waals surface area contributed by atoms with Crippen molar-refractivity contribution < 1.29 is 0 Å². The fraction of sp³-hybridized carbons (Fsp3) is 0.167. The van der Waals surface area contributed by atoms with Crippen molar-refractivity contribution in [3.63, 3.8) is 0 Å². The first kappa shape index (κ1) is 21.5. The van der Waals surface area contributed by atoms with Gasteiger partial charge in [-0.15, -0.1) is 0 Å². The third-order valence-electron chi connectivity index (χ3n) is 7.17. The molecule has 0 saturated carbocycles. The molecule has 1 aliphatic carbocycles. The van der Waals surface area contributed by atoms with Crippen LogP contribution in [-0.2, 0) is 12.8 Å². The van der Waals surface area contributed by atoms with Crippen molar-refractivity contribution in [2.45, 2.75) is 31.7 Å². The SMILES string of the molecule is O=c1ccn(C2CCCc3c2ccc2c3ccc3c(Cc4c(Cl)cccc4Cl)cccc32)cc1. The molecule has 34 heavy (non-hydrogen) atoms. The van der Waals surface area contributed by atoms with Crippen molar-refractivity contribution in [3.8, 4) is 0 Å². The Kier molecular flexibility index (Phi) is 5.44. The summed E-state index contributed by atoms with van der Waals surface area (Å²) in [5.74, 6) is 0. The lowest BCUT2D eigenvalue weighted by Gasteiger charge is -2.29. The molecule has 1 aliphatic rings. The van der Waals surface area contributed by atoms with Gasteiger partial charge in [0.2, 0.25) is 0 Å². The van der Waals surface area contributed by atoms with E-state index in [1.165, 1.54) is 38.2 Å². The number of aryl methyl sites for hydroxylation is 1. The van der Waals surface area contributed by atoms with Crippen LogP contribution in [0.4, 0.5) is 0 Å². The van der Waals surface area contributed by atoms with Gasteiger partial charge in [0, 0.05) is 41.0 Å². The van der Waals surface area contributed by atoms with Crippen LogP contribution >= 0.6 is 23.2 Å². The predicted molar refractivity (Wildman–Crippen MR) is 143 cm³/mol. The van der Waals surface area contributed by atoms with E-state index in [4.69, 9.17) is 23.2 Å². The standard InChI is InChI=1S/C30H23Cl2NO/c31-28-7-3-8-29(32)27(28)18-19-4-1-5-22-21(19)10-11-25-23-6-2-9-30(26(23)13-12-24(22)25)33-16-14-20(34)15-17-33/h1,3-5,7-8,10-17,30H,2,6,9,18H2. The summed E-state index contributed by atoms with van der Waals surface area (Å²) in [6.45, 7) is 0. The minimum atomic E-state index is 0.0474. The maximum Gasteiger partial charge on any atom is 0.181 e. The summed E-state index contributed by atoms with van der Waals surface area (Å²) < 4.78 is 2.18. The molecule has 0 bridgehead atoms. The van der Waals surface area contributed by atoms with Crippen molar-refractivity contribution in [1.82, 2.24) is 4.57 Å². The minimum absolute atomic E-state index is 0.0474. The second-order valence-electron chi connectivity index (χ2n) is 9.07. The Morgan fingerprint density at radius 3 is 2.24 bits per heavy atom. The van der Waals surface area contributed by atoms with E-state index in [2.05, 4.69) is 47.0 Å². The van der Waals surface area contributed by atoms with Gasteiger partial charge in [-0.05, 0) is 75.2 Å². The van der Waals surface area contributed by atoms with Gasteiger partial charge in [0.15, 0.2) is 5.43 Å². The molecule has 0 fully saturated rings. The molecule has 1 aromatic heterocycles. The van der Waals surface area contributed by atoms with Crippen LogP contribution < -0.4 is 5.43 Å². The van der Waals surface area contributed by atoms with E-state index in [9.17, 15) is 4.79 Å². The van der Waals surface area contributed by atoms with E-state index >= 15 is 0 Å². The summed E-state index contributed by atoms with van der Waals surface area (Å²) in [5.41, 5.74) is 5.02. The van der Waals surface area contributed by atoms with Gasteiger partial charge in [-0.25, -0.2) is 0 Å². The molecule has 2 nitrogen and oxygen atoms in total. The van der Waals surface area contributed by atoms with Crippen LogP contribution in [-0.4, -0.2) is 4.57 Å². The third-order valence-corrected chi connectivity index (χ3v) is 7.88. The summed E-state index contributed by atoms with van der Waals surface area (Å²) >= 11 is 12.9. The molecular formula is C30H23Cl2NO. The fourth-order valence-electron chi connectivity index (χ4n) is 5.52. The van der Waals surface area contributed by atoms with E-state index in [1.807, 2.05) is 30.6 Å². The second-order valence-corrected chi connectivity index (χ2v) is 9.89. The molecule has 5 aromatic rings. The van der Waals surface area contributed by atoms with Gasteiger partial charge in [-0.3, -0.25) is 4.79 Å². The van der Waals surface area contributed by atoms with Crippen molar-refractivity contribution in [2.24, 2.45) is 0 Å². The van der Waals surface area contributed by atoms with Gasteiger partial charge in [-0.2, -0.15) is 0 Å². The Balaban J connectivity index is 1.49. The number of benzene rings is 4. The third kappa shape index (κ3) is 3.62. The number of nitrogens with zero attached hydrogens (tertiary/aromatic N) is 1. The largest absolute Gasteiger partial charge is 0.347 e. The molecule has 0 saturated heterocycles. The lowest BCUT2D eigenvalue weighted by atomic mass is 9.83. The fourth-order valence-corrected chi connectivity index (χ4v) is 6.06. The van der Waals surface area contributed by atoms with Crippen LogP contribution in [0.2, 0.25) is 10.0 Å². The first-order chi connectivity index (χ1) is 16.6. The van der Waals surface area contributed by atoms with Crippen LogP contribution in [0.25, 0.3) is 21.5 Å². The van der Waals surface area contributed by atoms with Gasteiger partial charge in [0.25, 0.3) is 0 Å². The zero-order valence-electron chi connectivity index (χ0n) is 18.6. The second kappa shape index (κ2) is 8.61. The smallest absolute Gasteiger partial charge is 0.181 e. The summed E-state index contributed by atoms with van der Waals surface area (Å²) in [6.07, 6.45) is 7.81. The Labute approximate surface area is 208 Å². The number of hydrogen-bond acceptors (Lipinski definition) is 1. The van der Waals surface area contributed by atoms with Gasteiger partial charge < -0.3 is 4.57 Å². The highest BCUT2D eigenvalue weighted by Gasteiger charge is 2.23. The first-order valence-corrected chi connectivity index (χ1v) is 12.4. The predicted octanol–water partition coefficient (Wildman–Crippen LogP) is 7.98. The molecule has 4 aromatic carbocycles. The number of fused-ring (bicyclic) bond motifs is 5. The summed E-state index contributed by atoms with van der Waals surface area (Å²) in [7, 11) is 0. The highest BCUT2D eigenvalue weighted by atomic mass is 35.5. The molecule has 4 heteroatoms. The van der Waals surface area contributed by atoms with E-state index in [0.717, 1.165) is 24.8 Å². The average molecular weight is 484 g/mol. The van der Waals surface area contributed by atoms with E-state index < -0.39 is 0 Å². The lowest BCUT2D eigenvalue weighted by molar-refractivity contribution is 0.489. The number of aromatic nitrogens is 1. The van der Waals surface area contributed by atoms with Crippen LogP contribution in [0.5, 0.6) is 0 Å². The molecule has 6 rings (SSSR count). The summed E-state index contributed by atoms with van der Waals surface area (Å²) in [6, 6.07) is 24.8. The molecule has 0 N–H and O–H groups in total. The highest BCUT2D eigenvalue weighted by molar-refractivity contribution is 6.36. The Hall–Kier alpha value is -3.07. The normalized spacial score (nSPS) is 15.5. The van der Waals surface area contributed by atoms with Gasteiger partial charge in [0.1, 0.15) is 0 Å². The van der Waals surface area contributed by atoms with Crippen molar-refractivity contribution in [2.75, 3.05) is 0 Å². The van der Waals surface area contributed by atoms with Gasteiger partial charge in [0.05, 0.1) is 6.04 Å². The molecule has 1 unspecified atom stereocenters. The first-order valence-electron chi connectivity index (χ1n) is 11.7. The van der Waals surface area contributed by atoms with Crippen molar-refractivity contribution in [3.05, 3.63) is 128 Å². The van der Waals surface area contributed by atoms with E-state index in [-0.39, 0.29) is 11.5 Å². The summed E-state index contributed by atoms with van der Waals surface area (Å²) in [5, 5.41) is 6.50. The number of halogens is 2. The van der Waals surface area contributed by atoms with Crippen LogP contribution in [0, 0.1) is 0 Å². The molecular weight excluding hydrogens is 461 g/mol. The molecule has 0 spiro atoms. The van der Waals surface area contributed by atoms with Crippen LogP contribution in [0.1, 0.15) is 41.1 Å². The molecule has 0 aliphatic heterocycles. The number of rotatable bonds is 3. The van der Waals surface area contributed by atoms with E-state index in [1.54, 1.807) is 12.1 Å². The average Bonchev–Trinajstić information content (AvgIpc) is 2.86. The van der Waals surface area contributed by atoms with Crippen molar-refractivity contribution >= 4 is 44.7 Å². The Bertz CT molecular complexity index is 1580. The summed E-state index contributed by atoms with van der Waals surface area (Å²) in [4.78, 5) is 11.6. The number of hydrogen-bond donors (Lipinski definition) is 0. The maximum atomic E-state index is 11.6. The van der Waals surface area contributed by atoms with Gasteiger partial charge in [-0.1, -0.05) is 71.7 Å². The molecule has 1 heterocycles. The quantitative estimate of drug-likeness (QED) is 0.238. The maximum absolute atomic E-state index is 11.6.